The second-order valence-corrected chi connectivity index (χ2v) is 4.94. The number of aryl methyl sites for hydroxylation is 1. The smallest absolute Gasteiger partial charge is 0.119 e. The molecule has 100 valence electrons. The Kier molecular flexibility index (Phi) is 5.02. The molecule has 18 heavy (non-hydrogen) atoms. The van der Waals surface area contributed by atoms with E-state index in [0.717, 1.165) is 45.0 Å². The van der Waals surface area contributed by atoms with E-state index >= 15 is 0 Å². The van der Waals surface area contributed by atoms with Gasteiger partial charge in [-0.3, -0.25) is 4.90 Å². The molecule has 1 N–H and O–H groups in total. The fourth-order valence-electron chi connectivity index (χ4n) is 2.35. The van der Waals surface area contributed by atoms with Gasteiger partial charge in [0, 0.05) is 32.2 Å². The molecule has 2 rings (SSSR count). The minimum absolute atomic E-state index is 0.615. The van der Waals surface area contributed by atoms with Gasteiger partial charge in [0.25, 0.3) is 0 Å². The zero-order valence-electron chi connectivity index (χ0n) is 11.5. The Morgan fingerprint density at radius 3 is 3.11 bits per heavy atom. The normalized spacial score (nSPS) is 20.9. The molecule has 0 unspecified atom stereocenters. The van der Waals surface area contributed by atoms with Crippen molar-refractivity contribution in [2.24, 2.45) is 0 Å². The van der Waals surface area contributed by atoms with E-state index in [2.05, 4.69) is 42.3 Å². The maximum atomic E-state index is 5.84. The molecule has 1 heterocycles. The van der Waals surface area contributed by atoms with E-state index in [1.807, 2.05) is 6.07 Å². The van der Waals surface area contributed by atoms with Crippen molar-refractivity contribution in [1.82, 2.24) is 10.2 Å². The summed E-state index contributed by atoms with van der Waals surface area (Å²) < 4.78 is 5.84. The highest BCUT2D eigenvalue weighted by Crippen LogP contribution is 2.13. The van der Waals surface area contributed by atoms with Gasteiger partial charge in [0.05, 0.1) is 0 Å². The Labute approximate surface area is 110 Å². The average Bonchev–Trinajstić information content (AvgIpc) is 2.41. The van der Waals surface area contributed by atoms with Crippen molar-refractivity contribution in [2.45, 2.75) is 26.3 Å². The Balaban J connectivity index is 1.77. The van der Waals surface area contributed by atoms with Crippen molar-refractivity contribution in [1.29, 1.82) is 0 Å². The van der Waals surface area contributed by atoms with Gasteiger partial charge >= 0.3 is 0 Å². The van der Waals surface area contributed by atoms with Crippen LogP contribution in [0.5, 0.6) is 5.75 Å². The summed E-state index contributed by atoms with van der Waals surface area (Å²) in [5, 5.41) is 3.41. The summed E-state index contributed by atoms with van der Waals surface area (Å²) >= 11 is 0. The standard InChI is InChI=1S/C15H24N2O/c1-3-14-5-4-6-15(11-14)18-10-9-17-8-7-16-12-13(17)2/h4-6,11,13,16H,3,7-10,12H2,1-2H3/t13-/m1/s1. The lowest BCUT2D eigenvalue weighted by Crippen LogP contribution is -2.50. The first kappa shape index (κ1) is 13.4. The predicted octanol–water partition coefficient (Wildman–Crippen LogP) is 1.92. The van der Waals surface area contributed by atoms with E-state index in [1.54, 1.807) is 0 Å². The second-order valence-electron chi connectivity index (χ2n) is 4.94. The molecule has 1 aromatic carbocycles. The molecule has 0 bridgehead atoms. The molecule has 1 fully saturated rings. The topological polar surface area (TPSA) is 24.5 Å². The van der Waals surface area contributed by atoms with Gasteiger partial charge in [0.15, 0.2) is 0 Å². The number of nitrogens with zero attached hydrogens (tertiary/aromatic N) is 1. The third-order valence-electron chi connectivity index (χ3n) is 3.59. The van der Waals surface area contributed by atoms with Crippen LogP contribution < -0.4 is 10.1 Å². The summed E-state index contributed by atoms with van der Waals surface area (Å²) in [7, 11) is 0. The number of hydrogen-bond acceptors (Lipinski definition) is 3. The van der Waals surface area contributed by atoms with Crippen LogP contribution in [0.1, 0.15) is 19.4 Å². The second kappa shape index (κ2) is 6.76. The summed E-state index contributed by atoms with van der Waals surface area (Å²) in [4.78, 5) is 2.49. The maximum Gasteiger partial charge on any atom is 0.119 e. The molecule has 3 nitrogen and oxygen atoms in total. The molecule has 3 heteroatoms. The zero-order valence-corrected chi connectivity index (χ0v) is 11.5. The molecule has 0 aliphatic carbocycles. The van der Waals surface area contributed by atoms with Crippen LogP contribution in [0.4, 0.5) is 0 Å². The van der Waals surface area contributed by atoms with Crippen LogP contribution in [0, 0.1) is 0 Å². The summed E-state index contributed by atoms with van der Waals surface area (Å²) in [6.07, 6.45) is 1.06. The summed E-state index contributed by atoms with van der Waals surface area (Å²) in [5.41, 5.74) is 1.34. The van der Waals surface area contributed by atoms with Gasteiger partial charge in [-0.15, -0.1) is 0 Å². The number of ether oxygens (including phenoxy) is 1. The molecule has 0 radical (unpaired) electrons. The zero-order chi connectivity index (χ0) is 12.8. The number of hydrogen-bond donors (Lipinski definition) is 1. The minimum Gasteiger partial charge on any atom is -0.492 e. The van der Waals surface area contributed by atoms with Crippen molar-refractivity contribution in [3.8, 4) is 5.75 Å². The fraction of sp³-hybridized carbons (Fsp3) is 0.600. The van der Waals surface area contributed by atoms with Gasteiger partial charge in [-0.25, -0.2) is 0 Å². The highest BCUT2D eigenvalue weighted by molar-refractivity contribution is 5.28. The Morgan fingerprint density at radius 1 is 1.44 bits per heavy atom. The number of nitrogens with one attached hydrogen (secondary N) is 1. The van der Waals surface area contributed by atoms with E-state index in [4.69, 9.17) is 4.74 Å². The molecule has 0 aromatic heterocycles. The highest BCUT2D eigenvalue weighted by atomic mass is 16.5. The highest BCUT2D eigenvalue weighted by Gasteiger charge is 2.16. The number of piperazine rings is 1. The van der Waals surface area contributed by atoms with Gasteiger partial charge in [0.2, 0.25) is 0 Å². The third-order valence-corrected chi connectivity index (χ3v) is 3.59. The maximum absolute atomic E-state index is 5.84. The van der Waals surface area contributed by atoms with Crippen LogP contribution in [0.15, 0.2) is 24.3 Å². The first-order valence-electron chi connectivity index (χ1n) is 6.96. The van der Waals surface area contributed by atoms with Crippen LogP contribution in [-0.4, -0.2) is 43.7 Å². The molecule has 1 saturated heterocycles. The van der Waals surface area contributed by atoms with Crippen LogP contribution in [0.3, 0.4) is 0 Å². The lowest BCUT2D eigenvalue weighted by molar-refractivity contribution is 0.143. The van der Waals surface area contributed by atoms with Gasteiger partial charge in [-0.1, -0.05) is 19.1 Å². The molecule has 0 spiro atoms. The Bertz CT molecular complexity index is 367. The molecule has 1 aliphatic heterocycles. The molecule has 1 aromatic rings. The van der Waals surface area contributed by atoms with E-state index in [0.29, 0.717) is 6.04 Å². The third kappa shape index (κ3) is 3.72. The Morgan fingerprint density at radius 2 is 2.33 bits per heavy atom. The average molecular weight is 248 g/mol. The van der Waals surface area contributed by atoms with Gasteiger partial charge in [-0.05, 0) is 31.0 Å². The Hall–Kier alpha value is -1.06. The van der Waals surface area contributed by atoms with Crippen molar-refractivity contribution < 1.29 is 4.74 Å². The lowest BCUT2D eigenvalue weighted by atomic mass is 10.2. The summed E-state index contributed by atoms with van der Waals surface area (Å²) in [6.45, 7) is 9.53. The first-order valence-corrected chi connectivity index (χ1v) is 6.96. The van der Waals surface area contributed by atoms with Crippen LogP contribution in [0.2, 0.25) is 0 Å². The molecule has 1 atom stereocenters. The monoisotopic (exact) mass is 248 g/mol. The van der Waals surface area contributed by atoms with E-state index in [1.165, 1.54) is 5.56 Å². The molecular weight excluding hydrogens is 224 g/mol. The van der Waals surface area contributed by atoms with Crippen LogP contribution in [0.25, 0.3) is 0 Å². The van der Waals surface area contributed by atoms with Gasteiger partial charge in [0.1, 0.15) is 12.4 Å². The largest absolute Gasteiger partial charge is 0.492 e. The molecule has 1 aliphatic rings. The lowest BCUT2D eigenvalue weighted by Gasteiger charge is -2.33. The van der Waals surface area contributed by atoms with Crippen LogP contribution in [-0.2, 0) is 6.42 Å². The quantitative estimate of drug-likeness (QED) is 0.861. The van der Waals surface area contributed by atoms with E-state index in [9.17, 15) is 0 Å². The van der Waals surface area contributed by atoms with Crippen molar-refractivity contribution in [2.75, 3.05) is 32.8 Å². The molecule has 0 saturated carbocycles. The van der Waals surface area contributed by atoms with E-state index in [-0.39, 0.29) is 0 Å². The minimum atomic E-state index is 0.615. The summed E-state index contributed by atoms with van der Waals surface area (Å²) in [6, 6.07) is 9.01. The van der Waals surface area contributed by atoms with Crippen molar-refractivity contribution >= 4 is 0 Å². The number of rotatable bonds is 5. The predicted molar refractivity (Wildman–Crippen MR) is 75.2 cm³/mol. The molecular formula is C15H24N2O. The van der Waals surface area contributed by atoms with Crippen molar-refractivity contribution in [3.63, 3.8) is 0 Å². The fourth-order valence-corrected chi connectivity index (χ4v) is 2.35. The number of benzene rings is 1. The van der Waals surface area contributed by atoms with Crippen LogP contribution >= 0.6 is 0 Å². The van der Waals surface area contributed by atoms with E-state index < -0.39 is 0 Å². The van der Waals surface area contributed by atoms with Crippen molar-refractivity contribution in [3.05, 3.63) is 29.8 Å². The van der Waals surface area contributed by atoms with Gasteiger partial charge in [-0.2, -0.15) is 0 Å². The molecule has 0 amide bonds. The first-order chi connectivity index (χ1) is 8.79. The SMILES string of the molecule is CCc1cccc(OCCN2CCNC[C@H]2C)c1. The summed E-state index contributed by atoms with van der Waals surface area (Å²) in [5.74, 6) is 0.997. The van der Waals surface area contributed by atoms with Gasteiger partial charge < -0.3 is 10.1 Å².